The molecule has 1 heteroatoms. The number of hydrogen-bond acceptors (Lipinski definition) is 1. The average Bonchev–Trinajstić information content (AvgIpc) is 2.45. The topological polar surface area (TPSA) is 9.23 Å². The molecule has 1 spiro atoms. The van der Waals surface area contributed by atoms with E-state index in [-0.39, 0.29) is 0 Å². The minimum absolute atomic E-state index is 0.791. The Labute approximate surface area is 120 Å². The molecule has 0 aromatic rings. The van der Waals surface area contributed by atoms with Gasteiger partial charge in [0.2, 0.25) is 0 Å². The van der Waals surface area contributed by atoms with Crippen molar-refractivity contribution in [2.75, 3.05) is 13.2 Å². The van der Waals surface area contributed by atoms with E-state index in [1.807, 2.05) is 0 Å². The van der Waals surface area contributed by atoms with E-state index in [9.17, 15) is 0 Å². The highest BCUT2D eigenvalue weighted by molar-refractivity contribution is 4.88. The molecule has 0 aliphatic heterocycles. The lowest BCUT2D eigenvalue weighted by Crippen LogP contribution is -2.31. The zero-order valence-electron chi connectivity index (χ0n) is 13.3. The summed E-state index contributed by atoms with van der Waals surface area (Å²) in [5.74, 6) is 1.93. The van der Waals surface area contributed by atoms with Gasteiger partial charge in [-0.05, 0) is 75.5 Å². The van der Waals surface area contributed by atoms with Crippen molar-refractivity contribution in [1.29, 1.82) is 0 Å². The first kappa shape index (κ1) is 15.4. The van der Waals surface area contributed by atoms with Gasteiger partial charge in [-0.15, -0.1) is 0 Å². The van der Waals surface area contributed by atoms with Gasteiger partial charge in [0.05, 0.1) is 0 Å². The molecule has 0 bridgehead atoms. The Kier molecular flexibility index (Phi) is 6.19. The van der Waals surface area contributed by atoms with Gasteiger partial charge in [-0.2, -0.15) is 0 Å². The molecular weight excluding hydrogens is 232 g/mol. The maximum atomic E-state index is 5.46. The van der Waals surface area contributed by atoms with Gasteiger partial charge in [0.15, 0.2) is 0 Å². The normalized spacial score (nSPS) is 25.6. The molecule has 0 aromatic carbocycles. The van der Waals surface area contributed by atoms with E-state index in [1.54, 1.807) is 12.8 Å². The summed E-state index contributed by atoms with van der Waals surface area (Å²) >= 11 is 0. The van der Waals surface area contributed by atoms with E-state index >= 15 is 0 Å². The maximum Gasteiger partial charge on any atom is 0.0465 e. The van der Waals surface area contributed by atoms with Crippen LogP contribution in [0.4, 0.5) is 0 Å². The largest absolute Gasteiger partial charge is 0.382 e. The van der Waals surface area contributed by atoms with Crippen molar-refractivity contribution in [1.82, 2.24) is 0 Å². The Morgan fingerprint density at radius 1 is 1.05 bits per heavy atom. The van der Waals surface area contributed by atoms with Gasteiger partial charge in [-0.25, -0.2) is 0 Å². The van der Waals surface area contributed by atoms with Crippen molar-refractivity contribution in [3.8, 4) is 0 Å². The molecule has 19 heavy (non-hydrogen) atoms. The summed E-state index contributed by atoms with van der Waals surface area (Å²) in [5.41, 5.74) is 0.791. The molecule has 0 unspecified atom stereocenters. The van der Waals surface area contributed by atoms with Gasteiger partial charge in [-0.1, -0.05) is 26.2 Å². The van der Waals surface area contributed by atoms with Crippen molar-refractivity contribution in [2.45, 2.75) is 84.5 Å². The number of ether oxygens (including phenoxy) is 1. The summed E-state index contributed by atoms with van der Waals surface area (Å²) in [5, 5.41) is 0. The second kappa shape index (κ2) is 7.67. The molecule has 0 radical (unpaired) electrons. The predicted octanol–water partition coefficient (Wildman–Crippen LogP) is 5.58. The highest BCUT2D eigenvalue weighted by Crippen LogP contribution is 2.50. The molecule has 112 valence electrons. The van der Waals surface area contributed by atoms with Crippen molar-refractivity contribution in [2.24, 2.45) is 17.3 Å². The summed E-state index contributed by atoms with van der Waals surface area (Å²) in [6.45, 7) is 6.42. The van der Waals surface area contributed by atoms with Crippen molar-refractivity contribution in [3.63, 3.8) is 0 Å². The summed E-state index contributed by atoms with van der Waals surface area (Å²) in [4.78, 5) is 0. The molecule has 2 aliphatic rings. The average molecular weight is 266 g/mol. The molecule has 0 saturated heterocycles. The van der Waals surface area contributed by atoms with Crippen LogP contribution in [0.25, 0.3) is 0 Å². The van der Waals surface area contributed by atoms with Crippen LogP contribution in [-0.2, 0) is 4.74 Å². The van der Waals surface area contributed by atoms with Crippen LogP contribution >= 0.6 is 0 Å². The van der Waals surface area contributed by atoms with Crippen LogP contribution in [0.15, 0.2) is 0 Å². The van der Waals surface area contributed by atoms with E-state index in [4.69, 9.17) is 4.74 Å². The first-order chi connectivity index (χ1) is 9.26. The van der Waals surface area contributed by atoms with Crippen LogP contribution in [0.1, 0.15) is 84.5 Å². The monoisotopic (exact) mass is 266 g/mol. The van der Waals surface area contributed by atoms with Gasteiger partial charge in [0, 0.05) is 13.2 Å². The van der Waals surface area contributed by atoms with E-state index in [2.05, 4.69) is 13.8 Å². The fourth-order valence-electron chi connectivity index (χ4n) is 4.51. The lowest BCUT2D eigenvalue weighted by Gasteiger charge is -2.44. The molecule has 0 heterocycles. The first-order valence-corrected chi connectivity index (χ1v) is 8.83. The minimum atomic E-state index is 0.791. The van der Waals surface area contributed by atoms with Crippen molar-refractivity contribution < 1.29 is 4.74 Å². The lowest BCUT2D eigenvalue weighted by atomic mass is 9.61. The smallest absolute Gasteiger partial charge is 0.0465 e. The maximum absolute atomic E-state index is 5.46. The number of rotatable bonds is 6. The van der Waals surface area contributed by atoms with Crippen LogP contribution in [0, 0.1) is 17.3 Å². The molecule has 1 nitrogen and oxygen atoms in total. The van der Waals surface area contributed by atoms with Gasteiger partial charge in [0.1, 0.15) is 0 Å². The molecule has 0 amide bonds. The van der Waals surface area contributed by atoms with Gasteiger partial charge >= 0.3 is 0 Å². The summed E-state index contributed by atoms with van der Waals surface area (Å²) in [7, 11) is 0. The zero-order chi connectivity index (χ0) is 13.6. The molecule has 2 rings (SSSR count). The third-order valence-corrected chi connectivity index (χ3v) is 5.96. The second-order valence-electron chi connectivity index (χ2n) is 7.21. The van der Waals surface area contributed by atoms with Gasteiger partial charge in [-0.3, -0.25) is 0 Å². The first-order valence-electron chi connectivity index (χ1n) is 8.83. The highest BCUT2D eigenvalue weighted by Gasteiger charge is 2.37. The fourth-order valence-corrected chi connectivity index (χ4v) is 4.51. The van der Waals surface area contributed by atoms with Crippen LogP contribution in [-0.4, -0.2) is 13.2 Å². The summed E-state index contributed by atoms with van der Waals surface area (Å²) in [6.07, 6.45) is 16.3. The quantitative estimate of drug-likeness (QED) is 0.570. The third-order valence-electron chi connectivity index (χ3n) is 5.96. The van der Waals surface area contributed by atoms with E-state index in [0.29, 0.717) is 0 Å². The van der Waals surface area contributed by atoms with E-state index < -0.39 is 0 Å². The van der Waals surface area contributed by atoms with Gasteiger partial charge in [0.25, 0.3) is 0 Å². The molecule has 1 atom stereocenters. The van der Waals surface area contributed by atoms with Crippen molar-refractivity contribution in [3.05, 3.63) is 0 Å². The molecule has 2 saturated carbocycles. The molecule has 0 N–H and O–H groups in total. The zero-order valence-corrected chi connectivity index (χ0v) is 13.3. The van der Waals surface area contributed by atoms with Crippen LogP contribution in [0.3, 0.4) is 0 Å². The Morgan fingerprint density at radius 3 is 2.37 bits per heavy atom. The minimum Gasteiger partial charge on any atom is -0.382 e. The van der Waals surface area contributed by atoms with Crippen LogP contribution in [0.5, 0.6) is 0 Å². The van der Waals surface area contributed by atoms with E-state index in [0.717, 1.165) is 30.5 Å². The Morgan fingerprint density at radius 2 is 1.74 bits per heavy atom. The third kappa shape index (κ3) is 4.48. The number of hydrogen-bond donors (Lipinski definition) is 0. The molecule has 2 aliphatic carbocycles. The standard InChI is InChI=1S/C18H34O/c1-3-19-15-7-8-16(2)17-9-13-18(14-10-17)11-5-4-6-12-18/h16-17H,3-15H2,1-2H3/t16-/m1/s1. The molecule has 2 fully saturated rings. The van der Waals surface area contributed by atoms with Crippen LogP contribution < -0.4 is 0 Å². The van der Waals surface area contributed by atoms with Crippen molar-refractivity contribution >= 4 is 0 Å². The Bertz CT molecular complexity index is 232. The molecule has 0 aromatic heterocycles. The highest BCUT2D eigenvalue weighted by atomic mass is 16.5. The lowest BCUT2D eigenvalue weighted by molar-refractivity contribution is 0.0743. The van der Waals surface area contributed by atoms with Crippen LogP contribution in [0.2, 0.25) is 0 Å². The Hall–Kier alpha value is -0.0400. The second-order valence-corrected chi connectivity index (χ2v) is 7.21. The summed E-state index contributed by atoms with van der Waals surface area (Å²) in [6, 6.07) is 0. The molecular formula is C18H34O. The Balaban J connectivity index is 1.67. The van der Waals surface area contributed by atoms with Gasteiger partial charge < -0.3 is 4.74 Å². The predicted molar refractivity (Wildman–Crippen MR) is 82.4 cm³/mol. The fraction of sp³-hybridized carbons (Fsp3) is 1.00. The summed E-state index contributed by atoms with van der Waals surface area (Å²) < 4.78 is 5.46. The van der Waals surface area contributed by atoms with E-state index in [1.165, 1.54) is 57.8 Å². The SMILES string of the molecule is CCOCCC[C@@H](C)C1CCC2(CCCCC2)CC1.